The van der Waals surface area contributed by atoms with Crippen molar-refractivity contribution < 1.29 is 19.1 Å². The van der Waals surface area contributed by atoms with Crippen LogP contribution in [-0.2, 0) is 20.7 Å². The summed E-state index contributed by atoms with van der Waals surface area (Å²) in [7, 11) is 0. The number of esters is 1. The van der Waals surface area contributed by atoms with Gasteiger partial charge >= 0.3 is 5.97 Å². The molecule has 0 aromatic heterocycles. The zero-order valence-corrected chi connectivity index (χ0v) is 14.4. The summed E-state index contributed by atoms with van der Waals surface area (Å²) in [5, 5.41) is 2.83. The van der Waals surface area contributed by atoms with Gasteiger partial charge in [-0.3, -0.25) is 19.3 Å². The molecule has 1 N–H and O–H groups in total. The molecular formula is C18H23N3O4. The molecule has 1 fully saturated rings. The summed E-state index contributed by atoms with van der Waals surface area (Å²) in [6.45, 7) is 4.94. The molecule has 134 valence electrons. The van der Waals surface area contributed by atoms with Crippen molar-refractivity contribution in [3.8, 4) is 0 Å². The zero-order chi connectivity index (χ0) is 17.8. The van der Waals surface area contributed by atoms with E-state index in [1.165, 1.54) is 0 Å². The number of aryl methyl sites for hydroxylation is 1. The van der Waals surface area contributed by atoms with Crippen LogP contribution in [0.15, 0.2) is 18.2 Å². The van der Waals surface area contributed by atoms with Crippen LogP contribution >= 0.6 is 0 Å². The smallest absolute Gasteiger partial charge is 0.320 e. The lowest BCUT2D eigenvalue weighted by Crippen LogP contribution is -2.50. The van der Waals surface area contributed by atoms with Crippen LogP contribution in [0.25, 0.3) is 0 Å². The monoisotopic (exact) mass is 345 g/mol. The van der Waals surface area contributed by atoms with Crippen LogP contribution < -0.4 is 5.32 Å². The second-order valence-corrected chi connectivity index (χ2v) is 6.29. The third-order valence-electron chi connectivity index (χ3n) is 4.57. The second kappa shape index (κ2) is 7.65. The van der Waals surface area contributed by atoms with E-state index in [1.54, 1.807) is 19.1 Å². The largest absolute Gasteiger partial charge is 0.465 e. The molecule has 0 atom stereocenters. The summed E-state index contributed by atoms with van der Waals surface area (Å²) in [6.07, 6.45) is 1.12. The zero-order valence-electron chi connectivity index (χ0n) is 14.4. The Morgan fingerprint density at radius 1 is 1.16 bits per heavy atom. The molecule has 0 saturated carbocycles. The van der Waals surface area contributed by atoms with Gasteiger partial charge in [0.05, 0.1) is 13.2 Å². The number of hydrogen-bond donors (Lipinski definition) is 1. The van der Waals surface area contributed by atoms with Gasteiger partial charge in [-0.15, -0.1) is 0 Å². The molecule has 0 bridgehead atoms. The Labute approximate surface area is 146 Å². The minimum atomic E-state index is -0.223. The molecule has 3 rings (SSSR count). The maximum Gasteiger partial charge on any atom is 0.320 e. The van der Waals surface area contributed by atoms with Gasteiger partial charge in [0.1, 0.15) is 0 Å². The lowest BCUT2D eigenvalue weighted by atomic mass is 10.00. The quantitative estimate of drug-likeness (QED) is 0.820. The summed E-state index contributed by atoms with van der Waals surface area (Å²) in [4.78, 5) is 39.5. The molecule has 0 radical (unpaired) electrons. The molecule has 2 amide bonds. The molecule has 25 heavy (non-hydrogen) atoms. The van der Waals surface area contributed by atoms with Crippen molar-refractivity contribution in [1.29, 1.82) is 0 Å². The minimum absolute atomic E-state index is 0.00418. The van der Waals surface area contributed by atoms with Crippen molar-refractivity contribution in [1.82, 2.24) is 9.80 Å². The predicted octanol–water partition coefficient (Wildman–Crippen LogP) is 0.892. The standard InChI is InChI=1S/C18H23N3O4/c1-2-25-17(23)12-20-7-9-21(10-8-20)18(24)14-3-5-15-13(11-14)4-6-16(22)19-15/h3,5,11H,2,4,6-10,12H2,1H3,(H,19,22). The van der Waals surface area contributed by atoms with Crippen molar-refractivity contribution in [3.63, 3.8) is 0 Å². The Kier molecular flexibility index (Phi) is 5.33. The van der Waals surface area contributed by atoms with E-state index in [9.17, 15) is 14.4 Å². The molecule has 1 saturated heterocycles. The van der Waals surface area contributed by atoms with E-state index in [0.717, 1.165) is 11.3 Å². The number of carbonyl (C=O) groups is 3. The number of fused-ring (bicyclic) bond motifs is 1. The number of amides is 2. The highest BCUT2D eigenvalue weighted by atomic mass is 16.5. The number of rotatable bonds is 4. The maximum absolute atomic E-state index is 12.7. The number of anilines is 1. The summed E-state index contributed by atoms with van der Waals surface area (Å²) in [6, 6.07) is 5.44. The van der Waals surface area contributed by atoms with E-state index in [0.29, 0.717) is 51.2 Å². The van der Waals surface area contributed by atoms with Gasteiger partial charge in [-0.25, -0.2) is 0 Å². The van der Waals surface area contributed by atoms with Crippen molar-refractivity contribution in [2.75, 3.05) is 44.6 Å². The van der Waals surface area contributed by atoms with E-state index in [1.807, 2.05) is 15.9 Å². The van der Waals surface area contributed by atoms with Gasteiger partial charge in [-0.1, -0.05) is 0 Å². The first-order valence-corrected chi connectivity index (χ1v) is 8.67. The number of nitrogens with zero attached hydrogens (tertiary/aromatic N) is 2. The van der Waals surface area contributed by atoms with E-state index in [-0.39, 0.29) is 24.3 Å². The van der Waals surface area contributed by atoms with Gasteiger partial charge in [0.25, 0.3) is 5.91 Å². The molecule has 0 spiro atoms. The van der Waals surface area contributed by atoms with E-state index >= 15 is 0 Å². The first-order valence-electron chi connectivity index (χ1n) is 8.67. The van der Waals surface area contributed by atoms with Crippen molar-refractivity contribution in [2.24, 2.45) is 0 Å². The van der Waals surface area contributed by atoms with Crippen LogP contribution in [0, 0.1) is 0 Å². The Balaban J connectivity index is 1.58. The van der Waals surface area contributed by atoms with Crippen LogP contribution in [0.5, 0.6) is 0 Å². The average Bonchev–Trinajstić information content (AvgIpc) is 2.61. The Bertz CT molecular complexity index is 681. The van der Waals surface area contributed by atoms with Crippen LogP contribution in [0.2, 0.25) is 0 Å². The highest BCUT2D eigenvalue weighted by molar-refractivity contribution is 5.98. The number of carbonyl (C=O) groups excluding carboxylic acids is 3. The summed E-state index contributed by atoms with van der Waals surface area (Å²) in [5.41, 5.74) is 2.45. The van der Waals surface area contributed by atoms with Crippen LogP contribution in [-0.4, -0.2) is 66.9 Å². The molecule has 2 heterocycles. The second-order valence-electron chi connectivity index (χ2n) is 6.29. The van der Waals surface area contributed by atoms with Crippen molar-refractivity contribution in [2.45, 2.75) is 19.8 Å². The van der Waals surface area contributed by atoms with Crippen LogP contribution in [0.1, 0.15) is 29.3 Å². The summed E-state index contributed by atoms with van der Waals surface area (Å²) < 4.78 is 4.96. The van der Waals surface area contributed by atoms with Crippen molar-refractivity contribution in [3.05, 3.63) is 29.3 Å². The number of piperazine rings is 1. The number of benzene rings is 1. The molecule has 0 unspecified atom stereocenters. The first-order chi connectivity index (χ1) is 12.1. The number of hydrogen-bond acceptors (Lipinski definition) is 5. The van der Waals surface area contributed by atoms with Gasteiger partial charge in [-0.2, -0.15) is 0 Å². The Morgan fingerprint density at radius 2 is 1.92 bits per heavy atom. The van der Waals surface area contributed by atoms with Crippen LogP contribution in [0.4, 0.5) is 5.69 Å². The molecule has 7 heteroatoms. The van der Waals surface area contributed by atoms with E-state index < -0.39 is 0 Å². The molecule has 2 aliphatic rings. The fourth-order valence-electron chi connectivity index (χ4n) is 3.20. The maximum atomic E-state index is 12.7. The third-order valence-corrected chi connectivity index (χ3v) is 4.57. The van der Waals surface area contributed by atoms with Crippen LogP contribution in [0.3, 0.4) is 0 Å². The Morgan fingerprint density at radius 3 is 2.64 bits per heavy atom. The van der Waals surface area contributed by atoms with Gasteiger partial charge < -0.3 is 15.0 Å². The molecule has 2 aliphatic heterocycles. The topological polar surface area (TPSA) is 79.0 Å². The lowest BCUT2D eigenvalue weighted by molar-refractivity contribution is -0.144. The highest BCUT2D eigenvalue weighted by Gasteiger charge is 2.24. The number of nitrogens with one attached hydrogen (secondary N) is 1. The fraction of sp³-hybridized carbons (Fsp3) is 0.500. The molecule has 1 aromatic rings. The summed E-state index contributed by atoms with van der Waals surface area (Å²) >= 11 is 0. The minimum Gasteiger partial charge on any atom is -0.465 e. The van der Waals surface area contributed by atoms with Crippen molar-refractivity contribution >= 4 is 23.5 Å². The highest BCUT2D eigenvalue weighted by Crippen LogP contribution is 2.24. The summed E-state index contributed by atoms with van der Waals surface area (Å²) in [5.74, 6) is -0.209. The molecule has 0 aliphatic carbocycles. The fourth-order valence-corrected chi connectivity index (χ4v) is 3.20. The molecule has 1 aromatic carbocycles. The number of ether oxygens (including phenoxy) is 1. The predicted molar refractivity (Wildman–Crippen MR) is 92.4 cm³/mol. The molecular weight excluding hydrogens is 322 g/mol. The van der Waals surface area contributed by atoms with Gasteiger partial charge in [0.15, 0.2) is 0 Å². The van der Waals surface area contributed by atoms with E-state index in [4.69, 9.17) is 4.74 Å². The van der Waals surface area contributed by atoms with E-state index in [2.05, 4.69) is 5.32 Å². The molecule has 7 nitrogen and oxygen atoms in total. The SMILES string of the molecule is CCOC(=O)CN1CCN(C(=O)c2ccc3c(c2)CCC(=O)N3)CC1. The first kappa shape index (κ1) is 17.4. The van der Waals surface area contributed by atoms with Gasteiger partial charge in [-0.05, 0) is 37.1 Å². The average molecular weight is 345 g/mol. The third kappa shape index (κ3) is 4.17. The normalized spacial score (nSPS) is 17.6. The van der Waals surface area contributed by atoms with Gasteiger partial charge in [0.2, 0.25) is 5.91 Å². The van der Waals surface area contributed by atoms with Gasteiger partial charge in [0, 0.05) is 43.9 Å². The lowest BCUT2D eigenvalue weighted by Gasteiger charge is -2.34. The Hall–Kier alpha value is -2.41.